The third kappa shape index (κ3) is 3.80. The standard InChI is InChI=1S/C11H22N2O2/c12-8-9-4-1-2-5-10(9)11(15)13-6-3-7-14/h9-10,14H,1-8,12H2,(H,13,15). The van der Waals surface area contributed by atoms with Crippen LogP contribution in [-0.2, 0) is 4.79 Å². The van der Waals surface area contributed by atoms with Gasteiger partial charge in [-0.25, -0.2) is 0 Å². The molecule has 1 aliphatic rings. The number of nitrogens with two attached hydrogens (primary N) is 1. The van der Waals surface area contributed by atoms with E-state index in [-0.39, 0.29) is 18.4 Å². The lowest BCUT2D eigenvalue weighted by molar-refractivity contribution is -0.127. The van der Waals surface area contributed by atoms with Crippen molar-refractivity contribution >= 4 is 5.91 Å². The number of amides is 1. The normalized spacial score (nSPS) is 26.3. The Hall–Kier alpha value is -0.610. The minimum atomic E-state index is 0.0995. The van der Waals surface area contributed by atoms with E-state index in [9.17, 15) is 4.79 Å². The molecule has 88 valence electrons. The number of nitrogens with one attached hydrogen (secondary N) is 1. The first-order valence-corrected chi connectivity index (χ1v) is 5.88. The van der Waals surface area contributed by atoms with E-state index < -0.39 is 0 Å². The van der Waals surface area contributed by atoms with Crippen LogP contribution in [0.5, 0.6) is 0 Å². The minimum Gasteiger partial charge on any atom is -0.396 e. The van der Waals surface area contributed by atoms with Gasteiger partial charge in [-0.2, -0.15) is 0 Å². The van der Waals surface area contributed by atoms with Gasteiger partial charge in [0, 0.05) is 19.1 Å². The molecule has 0 heterocycles. The van der Waals surface area contributed by atoms with Crippen molar-refractivity contribution in [1.29, 1.82) is 0 Å². The van der Waals surface area contributed by atoms with Crippen LogP contribution in [0.2, 0.25) is 0 Å². The van der Waals surface area contributed by atoms with Gasteiger partial charge in [0.1, 0.15) is 0 Å². The number of hydrogen-bond donors (Lipinski definition) is 3. The Morgan fingerprint density at radius 2 is 2.13 bits per heavy atom. The summed E-state index contributed by atoms with van der Waals surface area (Å²) >= 11 is 0. The number of aliphatic hydroxyl groups excluding tert-OH is 1. The topological polar surface area (TPSA) is 75.4 Å². The van der Waals surface area contributed by atoms with E-state index in [4.69, 9.17) is 10.8 Å². The molecule has 0 aromatic rings. The van der Waals surface area contributed by atoms with Gasteiger partial charge in [0.05, 0.1) is 0 Å². The SMILES string of the molecule is NCC1CCCCC1C(=O)NCCCO. The molecule has 1 aliphatic carbocycles. The Balaban J connectivity index is 2.34. The molecule has 4 heteroatoms. The molecule has 1 amide bonds. The minimum absolute atomic E-state index is 0.0995. The average Bonchev–Trinajstić information content (AvgIpc) is 2.29. The van der Waals surface area contributed by atoms with E-state index in [0.717, 1.165) is 19.3 Å². The van der Waals surface area contributed by atoms with Crippen molar-refractivity contribution < 1.29 is 9.90 Å². The second-order valence-corrected chi connectivity index (χ2v) is 4.25. The maximum Gasteiger partial charge on any atom is 0.223 e. The molecule has 2 atom stereocenters. The second-order valence-electron chi connectivity index (χ2n) is 4.25. The van der Waals surface area contributed by atoms with E-state index in [1.807, 2.05) is 0 Å². The van der Waals surface area contributed by atoms with Crippen molar-refractivity contribution in [3.8, 4) is 0 Å². The van der Waals surface area contributed by atoms with Crippen LogP contribution < -0.4 is 11.1 Å². The van der Waals surface area contributed by atoms with Crippen LogP contribution in [0.4, 0.5) is 0 Å². The third-order valence-electron chi connectivity index (χ3n) is 3.18. The van der Waals surface area contributed by atoms with Crippen LogP contribution in [0, 0.1) is 11.8 Å². The molecule has 0 bridgehead atoms. The molecule has 0 radical (unpaired) electrons. The van der Waals surface area contributed by atoms with Gasteiger partial charge in [-0.1, -0.05) is 12.8 Å². The average molecular weight is 214 g/mol. The molecular weight excluding hydrogens is 192 g/mol. The summed E-state index contributed by atoms with van der Waals surface area (Å²) in [6.07, 6.45) is 5.00. The molecular formula is C11H22N2O2. The summed E-state index contributed by atoms with van der Waals surface area (Å²) in [7, 11) is 0. The lowest BCUT2D eigenvalue weighted by Crippen LogP contribution is -2.39. The van der Waals surface area contributed by atoms with Crippen LogP contribution in [0.3, 0.4) is 0 Å². The molecule has 0 aromatic carbocycles. The summed E-state index contributed by atoms with van der Waals surface area (Å²) in [5.41, 5.74) is 5.67. The first-order chi connectivity index (χ1) is 7.29. The molecule has 1 saturated carbocycles. The van der Waals surface area contributed by atoms with Crippen molar-refractivity contribution in [2.75, 3.05) is 19.7 Å². The molecule has 0 aromatic heterocycles. The van der Waals surface area contributed by atoms with Crippen molar-refractivity contribution in [3.05, 3.63) is 0 Å². The zero-order valence-electron chi connectivity index (χ0n) is 9.24. The molecule has 0 aliphatic heterocycles. The summed E-state index contributed by atoms with van der Waals surface area (Å²) in [4.78, 5) is 11.8. The van der Waals surface area contributed by atoms with Gasteiger partial charge in [-0.3, -0.25) is 4.79 Å². The fourth-order valence-electron chi connectivity index (χ4n) is 2.26. The Morgan fingerprint density at radius 3 is 2.80 bits per heavy atom. The lowest BCUT2D eigenvalue weighted by atomic mass is 9.79. The third-order valence-corrected chi connectivity index (χ3v) is 3.18. The Kier molecular flexibility index (Phi) is 5.65. The smallest absolute Gasteiger partial charge is 0.223 e. The van der Waals surface area contributed by atoms with E-state index in [1.54, 1.807) is 0 Å². The van der Waals surface area contributed by atoms with Gasteiger partial charge < -0.3 is 16.2 Å². The van der Waals surface area contributed by atoms with Gasteiger partial charge in [0.15, 0.2) is 0 Å². The van der Waals surface area contributed by atoms with Crippen molar-refractivity contribution in [3.63, 3.8) is 0 Å². The van der Waals surface area contributed by atoms with Crippen LogP contribution in [-0.4, -0.2) is 30.7 Å². The maximum absolute atomic E-state index is 11.8. The molecule has 4 nitrogen and oxygen atoms in total. The molecule has 0 spiro atoms. The first-order valence-electron chi connectivity index (χ1n) is 5.88. The largest absolute Gasteiger partial charge is 0.396 e. The van der Waals surface area contributed by atoms with E-state index in [0.29, 0.717) is 25.4 Å². The van der Waals surface area contributed by atoms with Gasteiger partial charge in [-0.05, 0) is 31.7 Å². The lowest BCUT2D eigenvalue weighted by Gasteiger charge is -2.29. The first kappa shape index (κ1) is 12.5. The fourth-order valence-corrected chi connectivity index (χ4v) is 2.26. The summed E-state index contributed by atoms with van der Waals surface area (Å²) in [6.45, 7) is 1.31. The zero-order chi connectivity index (χ0) is 11.1. The monoisotopic (exact) mass is 214 g/mol. The van der Waals surface area contributed by atoms with Crippen molar-refractivity contribution in [1.82, 2.24) is 5.32 Å². The van der Waals surface area contributed by atoms with E-state index in [2.05, 4.69) is 5.32 Å². The van der Waals surface area contributed by atoms with Gasteiger partial charge >= 0.3 is 0 Å². The Morgan fingerprint density at radius 1 is 1.40 bits per heavy atom. The second kappa shape index (κ2) is 6.80. The number of rotatable bonds is 5. The van der Waals surface area contributed by atoms with Crippen molar-refractivity contribution in [2.24, 2.45) is 17.6 Å². The van der Waals surface area contributed by atoms with Gasteiger partial charge in [0.2, 0.25) is 5.91 Å². The Labute approximate surface area is 91.2 Å². The summed E-state index contributed by atoms with van der Waals surface area (Å²) in [5.74, 6) is 0.578. The van der Waals surface area contributed by atoms with Gasteiger partial charge in [-0.15, -0.1) is 0 Å². The number of carbonyl (C=O) groups excluding carboxylic acids is 1. The zero-order valence-corrected chi connectivity index (χ0v) is 9.24. The van der Waals surface area contributed by atoms with Crippen LogP contribution >= 0.6 is 0 Å². The fraction of sp³-hybridized carbons (Fsp3) is 0.909. The number of carbonyl (C=O) groups is 1. The summed E-state index contributed by atoms with van der Waals surface area (Å²) in [6, 6.07) is 0. The summed E-state index contributed by atoms with van der Waals surface area (Å²) < 4.78 is 0. The highest BCUT2D eigenvalue weighted by molar-refractivity contribution is 5.79. The Bertz CT molecular complexity index is 197. The molecule has 1 rings (SSSR count). The predicted octanol–water partition coefficient (Wildman–Crippen LogP) is 0.250. The van der Waals surface area contributed by atoms with E-state index >= 15 is 0 Å². The number of aliphatic hydroxyl groups is 1. The molecule has 1 fully saturated rings. The van der Waals surface area contributed by atoms with Crippen LogP contribution in [0.25, 0.3) is 0 Å². The molecule has 2 unspecified atom stereocenters. The summed E-state index contributed by atoms with van der Waals surface area (Å²) in [5, 5.41) is 11.5. The van der Waals surface area contributed by atoms with Crippen LogP contribution in [0.15, 0.2) is 0 Å². The number of hydrogen-bond acceptors (Lipinski definition) is 3. The van der Waals surface area contributed by atoms with Crippen molar-refractivity contribution in [2.45, 2.75) is 32.1 Å². The molecule has 4 N–H and O–H groups in total. The molecule has 0 saturated heterocycles. The van der Waals surface area contributed by atoms with Crippen LogP contribution in [0.1, 0.15) is 32.1 Å². The highest BCUT2D eigenvalue weighted by atomic mass is 16.3. The maximum atomic E-state index is 11.8. The molecule has 15 heavy (non-hydrogen) atoms. The highest BCUT2D eigenvalue weighted by Gasteiger charge is 2.29. The predicted molar refractivity (Wildman–Crippen MR) is 59.2 cm³/mol. The van der Waals surface area contributed by atoms with Gasteiger partial charge in [0.25, 0.3) is 0 Å². The highest BCUT2D eigenvalue weighted by Crippen LogP contribution is 2.29. The van der Waals surface area contributed by atoms with E-state index in [1.165, 1.54) is 6.42 Å². The quantitative estimate of drug-likeness (QED) is 0.574.